The second kappa shape index (κ2) is 6.91. The SMILES string of the molecule is CCNC(C)CCN1CCc2ccccc2CC1. The van der Waals surface area contributed by atoms with Gasteiger partial charge >= 0.3 is 0 Å². The van der Waals surface area contributed by atoms with Crippen LogP contribution in [0, 0.1) is 0 Å². The molecule has 1 aliphatic rings. The summed E-state index contributed by atoms with van der Waals surface area (Å²) in [5.74, 6) is 0. The maximum Gasteiger partial charge on any atom is 0.00507 e. The molecule has 100 valence electrons. The van der Waals surface area contributed by atoms with Crippen molar-refractivity contribution < 1.29 is 0 Å². The molecule has 0 saturated heterocycles. The van der Waals surface area contributed by atoms with E-state index in [-0.39, 0.29) is 0 Å². The maximum absolute atomic E-state index is 3.49. The fraction of sp³-hybridized carbons (Fsp3) is 0.625. The molecule has 2 heteroatoms. The number of nitrogens with one attached hydrogen (secondary N) is 1. The lowest BCUT2D eigenvalue weighted by Crippen LogP contribution is -2.33. The van der Waals surface area contributed by atoms with Crippen LogP contribution in [-0.4, -0.2) is 37.1 Å². The Labute approximate surface area is 111 Å². The highest BCUT2D eigenvalue weighted by atomic mass is 15.1. The summed E-state index contributed by atoms with van der Waals surface area (Å²) < 4.78 is 0. The minimum Gasteiger partial charge on any atom is -0.314 e. The third-order valence-corrected chi connectivity index (χ3v) is 3.94. The van der Waals surface area contributed by atoms with Gasteiger partial charge in [0.2, 0.25) is 0 Å². The second-order valence-electron chi connectivity index (χ2n) is 5.36. The van der Waals surface area contributed by atoms with E-state index in [0.717, 1.165) is 6.54 Å². The van der Waals surface area contributed by atoms with Crippen LogP contribution in [0.25, 0.3) is 0 Å². The first-order valence-electron chi connectivity index (χ1n) is 7.32. The van der Waals surface area contributed by atoms with Crippen LogP contribution < -0.4 is 5.32 Å². The zero-order chi connectivity index (χ0) is 12.8. The molecular formula is C16H26N2. The molecule has 1 aromatic carbocycles. The molecule has 2 rings (SSSR count). The van der Waals surface area contributed by atoms with E-state index in [1.807, 2.05) is 0 Å². The third kappa shape index (κ3) is 3.82. The molecule has 0 amide bonds. The van der Waals surface area contributed by atoms with Crippen LogP contribution >= 0.6 is 0 Å². The number of fused-ring (bicyclic) bond motifs is 1. The van der Waals surface area contributed by atoms with Crippen LogP contribution in [0.2, 0.25) is 0 Å². The molecule has 0 bridgehead atoms. The van der Waals surface area contributed by atoms with Crippen LogP contribution in [0.4, 0.5) is 0 Å². The normalized spacial score (nSPS) is 18.1. The van der Waals surface area contributed by atoms with E-state index in [2.05, 4.69) is 48.3 Å². The van der Waals surface area contributed by atoms with Crippen molar-refractivity contribution in [3.8, 4) is 0 Å². The summed E-state index contributed by atoms with van der Waals surface area (Å²) >= 11 is 0. The highest BCUT2D eigenvalue weighted by Gasteiger charge is 2.13. The summed E-state index contributed by atoms with van der Waals surface area (Å²) in [6.45, 7) is 9.20. The summed E-state index contributed by atoms with van der Waals surface area (Å²) in [5.41, 5.74) is 3.11. The topological polar surface area (TPSA) is 15.3 Å². The predicted octanol–water partition coefficient (Wildman–Crippen LogP) is 2.48. The van der Waals surface area contributed by atoms with E-state index in [9.17, 15) is 0 Å². The first kappa shape index (κ1) is 13.6. The molecular weight excluding hydrogens is 220 g/mol. The number of benzene rings is 1. The van der Waals surface area contributed by atoms with Crippen LogP contribution in [0.1, 0.15) is 31.4 Å². The van der Waals surface area contributed by atoms with Gasteiger partial charge in [-0.25, -0.2) is 0 Å². The fourth-order valence-corrected chi connectivity index (χ4v) is 2.76. The van der Waals surface area contributed by atoms with Gasteiger partial charge in [0.25, 0.3) is 0 Å². The van der Waals surface area contributed by atoms with Crippen LogP contribution in [0.3, 0.4) is 0 Å². The third-order valence-electron chi connectivity index (χ3n) is 3.94. The summed E-state index contributed by atoms with van der Waals surface area (Å²) in [6, 6.07) is 9.56. The van der Waals surface area contributed by atoms with Gasteiger partial charge in [0.1, 0.15) is 0 Å². The van der Waals surface area contributed by atoms with Crippen molar-refractivity contribution in [1.29, 1.82) is 0 Å². The van der Waals surface area contributed by atoms with E-state index in [4.69, 9.17) is 0 Å². The van der Waals surface area contributed by atoms with Crippen molar-refractivity contribution in [2.24, 2.45) is 0 Å². The number of rotatable bonds is 5. The first-order valence-corrected chi connectivity index (χ1v) is 7.32. The Morgan fingerprint density at radius 2 is 1.78 bits per heavy atom. The zero-order valence-electron chi connectivity index (χ0n) is 11.8. The zero-order valence-corrected chi connectivity index (χ0v) is 11.8. The lowest BCUT2D eigenvalue weighted by molar-refractivity contribution is 0.271. The van der Waals surface area contributed by atoms with E-state index >= 15 is 0 Å². The van der Waals surface area contributed by atoms with Gasteiger partial charge in [-0.15, -0.1) is 0 Å². The average Bonchev–Trinajstić information content (AvgIpc) is 2.59. The van der Waals surface area contributed by atoms with Gasteiger partial charge in [0, 0.05) is 19.1 Å². The van der Waals surface area contributed by atoms with Crippen LogP contribution in [0.15, 0.2) is 24.3 Å². The highest BCUT2D eigenvalue weighted by molar-refractivity contribution is 5.28. The minimum atomic E-state index is 0.639. The molecule has 0 spiro atoms. The van der Waals surface area contributed by atoms with Gasteiger partial charge in [0.05, 0.1) is 0 Å². The lowest BCUT2D eigenvalue weighted by atomic mass is 10.0. The van der Waals surface area contributed by atoms with Crippen molar-refractivity contribution in [2.75, 3.05) is 26.2 Å². The molecule has 0 fully saturated rings. The minimum absolute atomic E-state index is 0.639. The van der Waals surface area contributed by atoms with Crippen molar-refractivity contribution >= 4 is 0 Å². The second-order valence-corrected chi connectivity index (χ2v) is 5.36. The summed E-state index contributed by atoms with van der Waals surface area (Å²) in [5, 5.41) is 3.49. The summed E-state index contributed by atoms with van der Waals surface area (Å²) in [7, 11) is 0. The molecule has 0 aliphatic carbocycles. The number of hydrogen-bond acceptors (Lipinski definition) is 2. The predicted molar refractivity (Wildman–Crippen MR) is 78.0 cm³/mol. The Kier molecular flexibility index (Phi) is 5.21. The van der Waals surface area contributed by atoms with Gasteiger partial charge < -0.3 is 10.2 Å². The molecule has 2 nitrogen and oxygen atoms in total. The molecule has 1 unspecified atom stereocenters. The van der Waals surface area contributed by atoms with E-state index < -0.39 is 0 Å². The quantitative estimate of drug-likeness (QED) is 0.858. The standard InChI is InChI=1S/C16H26N2/c1-3-17-14(2)8-11-18-12-9-15-6-4-5-7-16(15)10-13-18/h4-7,14,17H,3,8-13H2,1-2H3. The molecule has 0 radical (unpaired) electrons. The van der Waals surface area contributed by atoms with Crippen molar-refractivity contribution in [1.82, 2.24) is 10.2 Å². The van der Waals surface area contributed by atoms with Gasteiger partial charge in [-0.1, -0.05) is 31.2 Å². The molecule has 1 N–H and O–H groups in total. The highest BCUT2D eigenvalue weighted by Crippen LogP contribution is 2.15. The van der Waals surface area contributed by atoms with E-state index in [1.165, 1.54) is 38.9 Å². The molecule has 1 atom stereocenters. The smallest absolute Gasteiger partial charge is 0.00507 e. The van der Waals surface area contributed by atoms with E-state index in [0.29, 0.717) is 6.04 Å². The Morgan fingerprint density at radius 1 is 1.17 bits per heavy atom. The van der Waals surface area contributed by atoms with E-state index in [1.54, 1.807) is 11.1 Å². The summed E-state index contributed by atoms with van der Waals surface area (Å²) in [4.78, 5) is 2.62. The maximum atomic E-state index is 3.49. The fourth-order valence-electron chi connectivity index (χ4n) is 2.76. The Hall–Kier alpha value is -0.860. The molecule has 18 heavy (non-hydrogen) atoms. The van der Waals surface area contributed by atoms with Crippen LogP contribution in [0.5, 0.6) is 0 Å². The Bertz CT molecular complexity index is 335. The molecule has 0 aromatic heterocycles. The van der Waals surface area contributed by atoms with Crippen molar-refractivity contribution in [3.63, 3.8) is 0 Å². The van der Waals surface area contributed by atoms with Gasteiger partial charge in [-0.05, 0) is 50.4 Å². The van der Waals surface area contributed by atoms with Crippen LogP contribution in [-0.2, 0) is 12.8 Å². The largest absolute Gasteiger partial charge is 0.314 e. The van der Waals surface area contributed by atoms with Crippen molar-refractivity contribution in [3.05, 3.63) is 35.4 Å². The summed E-state index contributed by atoms with van der Waals surface area (Å²) in [6.07, 6.45) is 3.68. The monoisotopic (exact) mass is 246 g/mol. The number of hydrogen-bond donors (Lipinski definition) is 1. The molecule has 1 aromatic rings. The molecule has 1 heterocycles. The Balaban J connectivity index is 1.81. The first-order chi connectivity index (χ1) is 8.79. The molecule has 1 aliphatic heterocycles. The van der Waals surface area contributed by atoms with Gasteiger partial charge in [-0.2, -0.15) is 0 Å². The average molecular weight is 246 g/mol. The van der Waals surface area contributed by atoms with Crippen molar-refractivity contribution in [2.45, 2.75) is 39.2 Å². The van der Waals surface area contributed by atoms with Gasteiger partial charge in [-0.3, -0.25) is 0 Å². The number of nitrogens with zero attached hydrogens (tertiary/aromatic N) is 1. The van der Waals surface area contributed by atoms with Gasteiger partial charge in [0.15, 0.2) is 0 Å². The molecule has 0 saturated carbocycles. The lowest BCUT2D eigenvalue weighted by Gasteiger charge is -2.22. The Morgan fingerprint density at radius 3 is 2.33 bits per heavy atom.